The molecule has 5 nitrogen and oxygen atoms in total. The molecule has 3 aliphatic rings. The Morgan fingerprint density at radius 2 is 1.49 bits per heavy atom. The van der Waals surface area contributed by atoms with Crippen LogP contribution < -0.4 is 0 Å². The summed E-state index contributed by atoms with van der Waals surface area (Å²) in [7, 11) is 0. The van der Waals surface area contributed by atoms with Gasteiger partial charge in [0.2, 0.25) is 0 Å². The number of nitrogens with zero attached hydrogens (tertiary/aromatic N) is 3. The van der Waals surface area contributed by atoms with Gasteiger partial charge in [0.25, 0.3) is 11.8 Å². The van der Waals surface area contributed by atoms with Crippen LogP contribution in [0.3, 0.4) is 0 Å². The number of piperidine rings is 2. The van der Waals surface area contributed by atoms with Gasteiger partial charge in [0.05, 0.1) is 11.3 Å². The van der Waals surface area contributed by atoms with Crippen LogP contribution in [0.1, 0.15) is 83.0 Å². The molecule has 1 aromatic carbocycles. The second-order valence-corrected chi connectivity index (χ2v) is 10.4. The van der Waals surface area contributed by atoms with Crippen molar-refractivity contribution in [1.82, 2.24) is 14.8 Å². The third-order valence-electron chi connectivity index (χ3n) is 8.22. The summed E-state index contributed by atoms with van der Waals surface area (Å²) in [6.45, 7) is 4.29. The molecule has 3 heterocycles. The molecule has 2 unspecified atom stereocenters. The first-order valence-electron chi connectivity index (χ1n) is 12.9. The fourth-order valence-electron chi connectivity index (χ4n) is 6.24. The third kappa shape index (κ3) is 4.82. The average Bonchev–Trinajstić information content (AvgIpc) is 2.88. The van der Waals surface area contributed by atoms with Gasteiger partial charge in [0.1, 0.15) is 17.2 Å². The van der Waals surface area contributed by atoms with Gasteiger partial charge in [-0.1, -0.05) is 25.3 Å². The van der Waals surface area contributed by atoms with Crippen molar-refractivity contribution in [3.63, 3.8) is 0 Å². The average molecular weight is 482 g/mol. The van der Waals surface area contributed by atoms with Gasteiger partial charge in [-0.2, -0.15) is 0 Å². The van der Waals surface area contributed by atoms with E-state index < -0.39 is 23.1 Å². The largest absolute Gasteiger partial charge is 0.338 e. The Bertz CT molecular complexity index is 1090. The SMILES string of the molecule is Cc1ccc(C(=O)N2CCC3CCCCC3C2)c(C2CCN(C(=O)c3c(F)cccc3F)CC2)n1. The number of likely N-dealkylation sites (tertiary alicyclic amines) is 2. The number of fused-ring (bicyclic) bond motifs is 1. The van der Waals surface area contributed by atoms with Crippen molar-refractivity contribution in [2.24, 2.45) is 11.8 Å². The van der Waals surface area contributed by atoms with Crippen molar-refractivity contribution < 1.29 is 18.4 Å². The summed E-state index contributed by atoms with van der Waals surface area (Å²) in [6.07, 6.45) is 7.35. The first-order chi connectivity index (χ1) is 16.9. The van der Waals surface area contributed by atoms with Crippen molar-refractivity contribution >= 4 is 11.8 Å². The number of aromatic nitrogens is 1. The predicted molar refractivity (Wildman–Crippen MR) is 129 cm³/mol. The van der Waals surface area contributed by atoms with E-state index in [1.54, 1.807) is 0 Å². The van der Waals surface area contributed by atoms with E-state index in [-0.39, 0.29) is 11.8 Å². The fourth-order valence-corrected chi connectivity index (χ4v) is 6.24. The van der Waals surface area contributed by atoms with E-state index in [2.05, 4.69) is 0 Å². The first kappa shape index (κ1) is 23.9. The van der Waals surface area contributed by atoms with Crippen molar-refractivity contribution in [2.45, 2.75) is 57.8 Å². The number of carbonyl (C=O) groups excluding carboxylic acids is 2. The van der Waals surface area contributed by atoms with Crippen molar-refractivity contribution in [1.29, 1.82) is 0 Å². The number of hydrogen-bond acceptors (Lipinski definition) is 3. The number of benzene rings is 1. The highest BCUT2D eigenvalue weighted by Crippen LogP contribution is 2.37. The third-order valence-corrected chi connectivity index (χ3v) is 8.22. The van der Waals surface area contributed by atoms with E-state index >= 15 is 0 Å². The minimum Gasteiger partial charge on any atom is -0.338 e. The molecule has 2 aliphatic heterocycles. The van der Waals surface area contributed by atoms with Gasteiger partial charge in [0, 0.05) is 37.8 Å². The number of pyridine rings is 1. The summed E-state index contributed by atoms with van der Waals surface area (Å²) >= 11 is 0. The topological polar surface area (TPSA) is 53.5 Å². The smallest absolute Gasteiger partial charge is 0.259 e. The minimum atomic E-state index is -0.841. The molecular formula is C28H33F2N3O2. The number of rotatable bonds is 3. The monoisotopic (exact) mass is 481 g/mol. The minimum absolute atomic E-state index is 0.0237. The van der Waals surface area contributed by atoms with Gasteiger partial charge >= 0.3 is 0 Å². The molecule has 3 fully saturated rings. The molecule has 1 saturated carbocycles. The van der Waals surface area contributed by atoms with Crippen LogP contribution in [0.4, 0.5) is 8.78 Å². The molecule has 2 saturated heterocycles. The highest BCUT2D eigenvalue weighted by molar-refractivity contribution is 5.96. The van der Waals surface area contributed by atoms with Crippen LogP contribution in [0.2, 0.25) is 0 Å². The number of amides is 2. The summed E-state index contributed by atoms with van der Waals surface area (Å²) in [5.74, 6) is -0.859. The Hall–Kier alpha value is -2.83. The van der Waals surface area contributed by atoms with Crippen LogP contribution >= 0.6 is 0 Å². The van der Waals surface area contributed by atoms with Crippen LogP contribution in [0.25, 0.3) is 0 Å². The first-order valence-corrected chi connectivity index (χ1v) is 12.9. The van der Waals surface area contributed by atoms with Crippen molar-refractivity contribution in [2.75, 3.05) is 26.2 Å². The quantitative estimate of drug-likeness (QED) is 0.595. The molecule has 0 N–H and O–H groups in total. The van der Waals surface area contributed by atoms with Crippen LogP contribution in [0, 0.1) is 30.4 Å². The van der Waals surface area contributed by atoms with Gasteiger partial charge in [0.15, 0.2) is 0 Å². The Morgan fingerprint density at radius 3 is 2.20 bits per heavy atom. The Balaban J connectivity index is 1.30. The highest BCUT2D eigenvalue weighted by atomic mass is 19.1. The highest BCUT2D eigenvalue weighted by Gasteiger charge is 2.35. The molecular weight excluding hydrogens is 448 g/mol. The molecule has 186 valence electrons. The van der Waals surface area contributed by atoms with E-state index in [0.717, 1.165) is 48.9 Å². The van der Waals surface area contributed by atoms with E-state index in [1.807, 2.05) is 24.0 Å². The van der Waals surface area contributed by atoms with Gasteiger partial charge in [-0.05, 0) is 68.7 Å². The summed E-state index contributed by atoms with van der Waals surface area (Å²) in [5.41, 5.74) is 1.82. The fraction of sp³-hybridized carbons (Fsp3) is 0.536. The lowest BCUT2D eigenvalue weighted by Crippen LogP contribution is -2.45. The maximum absolute atomic E-state index is 14.1. The lowest BCUT2D eigenvalue weighted by molar-refractivity contribution is 0.0516. The van der Waals surface area contributed by atoms with Gasteiger partial charge in [-0.25, -0.2) is 8.78 Å². The molecule has 1 aromatic heterocycles. The van der Waals surface area contributed by atoms with E-state index in [4.69, 9.17) is 4.98 Å². The second kappa shape index (κ2) is 10.0. The normalized spacial score (nSPS) is 23.2. The van der Waals surface area contributed by atoms with Gasteiger partial charge in [-0.3, -0.25) is 14.6 Å². The van der Waals surface area contributed by atoms with Crippen LogP contribution in [0.15, 0.2) is 30.3 Å². The van der Waals surface area contributed by atoms with Gasteiger partial charge in [-0.15, -0.1) is 0 Å². The second-order valence-electron chi connectivity index (χ2n) is 10.4. The van der Waals surface area contributed by atoms with Crippen LogP contribution in [-0.4, -0.2) is 52.8 Å². The number of aryl methyl sites for hydroxylation is 1. The Kier molecular flexibility index (Phi) is 6.85. The zero-order chi connectivity index (χ0) is 24.5. The molecule has 0 radical (unpaired) electrons. The molecule has 5 rings (SSSR count). The van der Waals surface area contributed by atoms with Crippen LogP contribution in [0.5, 0.6) is 0 Å². The number of carbonyl (C=O) groups is 2. The van der Waals surface area contributed by atoms with Crippen LogP contribution in [-0.2, 0) is 0 Å². The summed E-state index contributed by atoms with van der Waals surface area (Å²) in [5, 5.41) is 0. The summed E-state index contributed by atoms with van der Waals surface area (Å²) < 4.78 is 28.2. The molecule has 35 heavy (non-hydrogen) atoms. The van der Waals surface area contributed by atoms with E-state index in [9.17, 15) is 18.4 Å². The van der Waals surface area contributed by atoms with Crippen molar-refractivity contribution in [3.05, 3.63) is 64.5 Å². The number of hydrogen-bond donors (Lipinski definition) is 0. The molecule has 0 bridgehead atoms. The van der Waals surface area contributed by atoms with Crippen molar-refractivity contribution in [3.8, 4) is 0 Å². The molecule has 1 aliphatic carbocycles. The van der Waals surface area contributed by atoms with Gasteiger partial charge < -0.3 is 9.80 Å². The molecule has 7 heteroatoms. The molecule has 2 aromatic rings. The zero-order valence-electron chi connectivity index (χ0n) is 20.3. The molecule has 2 atom stereocenters. The molecule has 0 spiro atoms. The molecule has 2 amide bonds. The van der Waals surface area contributed by atoms with E-state index in [0.29, 0.717) is 37.4 Å². The Labute approximate surface area is 205 Å². The Morgan fingerprint density at radius 1 is 0.829 bits per heavy atom. The number of halogens is 2. The standard InChI is InChI=1S/C28H33F2N3O2/c1-18-9-10-22(27(34)33-16-11-19-5-2-3-6-21(19)17-33)26(31-18)20-12-14-32(15-13-20)28(35)25-23(29)7-4-8-24(25)30/h4,7-10,19-21H,2-3,5-6,11-17H2,1H3. The summed E-state index contributed by atoms with van der Waals surface area (Å²) in [4.78, 5) is 34.7. The summed E-state index contributed by atoms with van der Waals surface area (Å²) in [6, 6.07) is 7.26. The lowest BCUT2D eigenvalue weighted by Gasteiger charge is -2.41. The van der Waals surface area contributed by atoms with E-state index in [1.165, 1.54) is 36.6 Å². The zero-order valence-corrected chi connectivity index (χ0v) is 20.3. The lowest BCUT2D eigenvalue weighted by atomic mass is 9.75. The predicted octanol–water partition coefficient (Wildman–Crippen LogP) is 5.34. The maximum atomic E-state index is 14.1. The maximum Gasteiger partial charge on any atom is 0.259 e.